The Kier molecular flexibility index (Phi) is 8.70. The van der Waals surface area contributed by atoms with Gasteiger partial charge in [0.15, 0.2) is 11.6 Å². The Morgan fingerprint density at radius 2 is 2.09 bits per heavy atom. The van der Waals surface area contributed by atoms with E-state index in [4.69, 9.17) is 14.2 Å². The van der Waals surface area contributed by atoms with Crippen molar-refractivity contribution in [2.24, 2.45) is 0 Å². The van der Waals surface area contributed by atoms with E-state index in [0.717, 1.165) is 11.3 Å². The van der Waals surface area contributed by atoms with Crippen LogP contribution in [0.1, 0.15) is 32.8 Å². The van der Waals surface area contributed by atoms with Crippen LogP contribution in [0.2, 0.25) is 0 Å². The zero-order valence-electron chi connectivity index (χ0n) is 20.7. The van der Waals surface area contributed by atoms with Gasteiger partial charge in [0.05, 0.1) is 29.7 Å². The molecule has 0 unspecified atom stereocenters. The first kappa shape index (κ1) is 26.0. The normalized spacial score (nSPS) is 13.8. The van der Waals surface area contributed by atoms with Crippen LogP contribution in [0.15, 0.2) is 60.2 Å². The third kappa shape index (κ3) is 6.73. The molecule has 3 rings (SSSR count). The number of hydrogen-bond acceptors (Lipinski definition) is 7. The maximum absolute atomic E-state index is 14.3. The number of carbonyl (C=O) groups excluding carboxylic acids is 1. The number of aromatic nitrogens is 1. The predicted octanol–water partition coefficient (Wildman–Crippen LogP) is 3.91. The standard InChI is InChI=1S/C26H33FN4O4/c1-6-34-24-19(27)8-7-9-21(24)31-17(2)23-20(11-13-29-25(23)32)30-14-18-10-12-28-15-22(18)35-16-26(3,4)33-5/h7-10,12,15,30-31H,2,6,11,13-14,16H2,1,3-5H3,(H,29,32). The zero-order valence-corrected chi connectivity index (χ0v) is 20.7. The molecule has 0 saturated heterocycles. The highest BCUT2D eigenvalue weighted by Crippen LogP contribution is 2.31. The molecule has 2 heterocycles. The van der Waals surface area contributed by atoms with Gasteiger partial charge in [-0.3, -0.25) is 9.78 Å². The fraction of sp³-hybridized carbons (Fsp3) is 0.385. The summed E-state index contributed by atoms with van der Waals surface area (Å²) < 4.78 is 31.1. The maximum Gasteiger partial charge on any atom is 0.255 e. The molecule has 0 spiro atoms. The highest BCUT2D eigenvalue weighted by atomic mass is 19.1. The monoisotopic (exact) mass is 484 g/mol. The minimum Gasteiger partial charge on any atom is -0.489 e. The Hall–Kier alpha value is -3.59. The number of ether oxygens (including phenoxy) is 3. The largest absolute Gasteiger partial charge is 0.489 e. The SMILES string of the molecule is C=C(Nc1cccc(F)c1OCC)C1=C(NCc2ccncc2OCC(C)(C)OC)CCNC1=O. The first-order valence-corrected chi connectivity index (χ1v) is 11.5. The van der Waals surface area contributed by atoms with Crippen molar-refractivity contribution < 1.29 is 23.4 Å². The van der Waals surface area contributed by atoms with Gasteiger partial charge in [0.2, 0.25) is 0 Å². The summed E-state index contributed by atoms with van der Waals surface area (Å²) in [5, 5.41) is 9.26. The number of halogens is 1. The summed E-state index contributed by atoms with van der Waals surface area (Å²) in [6, 6.07) is 6.42. The van der Waals surface area contributed by atoms with Gasteiger partial charge < -0.3 is 30.2 Å². The second-order valence-corrected chi connectivity index (χ2v) is 8.60. The van der Waals surface area contributed by atoms with E-state index in [9.17, 15) is 9.18 Å². The zero-order chi connectivity index (χ0) is 25.4. The molecule has 35 heavy (non-hydrogen) atoms. The second kappa shape index (κ2) is 11.7. The van der Waals surface area contributed by atoms with Crippen molar-refractivity contribution in [1.29, 1.82) is 0 Å². The number of nitrogens with zero attached hydrogens (tertiary/aromatic N) is 1. The minimum absolute atomic E-state index is 0.0834. The Labute approximate surface area is 205 Å². The van der Waals surface area contributed by atoms with Crippen molar-refractivity contribution >= 4 is 11.6 Å². The maximum atomic E-state index is 14.3. The fourth-order valence-electron chi connectivity index (χ4n) is 3.47. The molecule has 1 aromatic carbocycles. The average Bonchev–Trinajstić information content (AvgIpc) is 2.84. The lowest BCUT2D eigenvalue weighted by Gasteiger charge is -2.25. The molecule has 0 bridgehead atoms. The third-order valence-corrected chi connectivity index (χ3v) is 5.52. The number of hydrogen-bond donors (Lipinski definition) is 3. The Morgan fingerprint density at radius 1 is 1.29 bits per heavy atom. The second-order valence-electron chi connectivity index (χ2n) is 8.60. The van der Waals surface area contributed by atoms with Crippen LogP contribution >= 0.6 is 0 Å². The average molecular weight is 485 g/mol. The Balaban J connectivity index is 1.80. The summed E-state index contributed by atoms with van der Waals surface area (Å²) in [5.41, 5.74) is 2.27. The van der Waals surface area contributed by atoms with E-state index in [1.807, 2.05) is 19.9 Å². The van der Waals surface area contributed by atoms with Gasteiger partial charge in [0.1, 0.15) is 12.4 Å². The first-order chi connectivity index (χ1) is 16.8. The smallest absolute Gasteiger partial charge is 0.255 e. The van der Waals surface area contributed by atoms with E-state index in [1.54, 1.807) is 38.6 Å². The molecule has 8 nitrogen and oxygen atoms in total. The first-order valence-electron chi connectivity index (χ1n) is 11.5. The van der Waals surface area contributed by atoms with Crippen molar-refractivity contribution in [1.82, 2.24) is 15.6 Å². The van der Waals surface area contributed by atoms with Gasteiger partial charge in [0, 0.05) is 49.8 Å². The van der Waals surface area contributed by atoms with E-state index in [1.165, 1.54) is 6.07 Å². The van der Waals surface area contributed by atoms with Gasteiger partial charge in [-0.05, 0) is 39.0 Å². The summed E-state index contributed by atoms with van der Waals surface area (Å²) in [7, 11) is 1.64. The van der Waals surface area contributed by atoms with Crippen LogP contribution in [0.4, 0.5) is 10.1 Å². The molecule has 1 aromatic heterocycles. The molecule has 188 valence electrons. The topological polar surface area (TPSA) is 93.7 Å². The van der Waals surface area contributed by atoms with E-state index in [2.05, 4.69) is 27.5 Å². The van der Waals surface area contributed by atoms with Crippen LogP contribution in [0, 0.1) is 5.82 Å². The lowest BCUT2D eigenvalue weighted by Crippen LogP contribution is -2.37. The molecule has 3 N–H and O–H groups in total. The van der Waals surface area contributed by atoms with Crippen molar-refractivity contribution in [3.8, 4) is 11.5 Å². The number of pyridine rings is 1. The van der Waals surface area contributed by atoms with Gasteiger partial charge in [-0.2, -0.15) is 0 Å². The van der Waals surface area contributed by atoms with E-state index >= 15 is 0 Å². The predicted molar refractivity (Wildman–Crippen MR) is 133 cm³/mol. The van der Waals surface area contributed by atoms with Crippen molar-refractivity contribution in [2.75, 3.05) is 32.2 Å². The van der Waals surface area contributed by atoms with Gasteiger partial charge in [0.25, 0.3) is 5.91 Å². The van der Waals surface area contributed by atoms with E-state index < -0.39 is 11.4 Å². The number of para-hydroxylation sites is 1. The summed E-state index contributed by atoms with van der Waals surface area (Å²) >= 11 is 0. The molecule has 0 saturated carbocycles. The molecule has 0 radical (unpaired) electrons. The number of amides is 1. The minimum atomic E-state index is -0.494. The number of carbonyl (C=O) groups is 1. The molecule has 1 amide bonds. The lowest BCUT2D eigenvalue weighted by molar-refractivity contribution is -0.117. The fourth-order valence-corrected chi connectivity index (χ4v) is 3.47. The van der Waals surface area contributed by atoms with Crippen LogP contribution in [0.3, 0.4) is 0 Å². The van der Waals surface area contributed by atoms with Crippen LogP contribution < -0.4 is 25.4 Å². The van der Waals surface area contributed by atoms with E-state index in [0.29, 0.717) is 55.4 Å². The van der Waals surface area contributed by atoms with Crippen LogP contribution in [-0.2, 0) is 16.1 Å². The summed E-state index contributed by atoms with van der Waals surface area (Å²) in [5.74, 6) is -0.0451. The third-order valence-electron chi connectivity index (χ3n) is 5.52. The van der Waals surface area contributed by atoms with Crippen LogP contribution in [-0.4, -0.2) is 43.4 Å². The lowest BCUT2D eigenvalue weighted by atomic mass is 10.0. The van der Waals surface area contributed by atoms with Gasteiger partial charge >= 0.3 is 0 Å². The quantitative estimate of drug-likeness (QED) is 0.421. The highest BCUT2D eigenvalue weighted by Gasteiger charge is 2.24. The van der Waals surface area contributed by atoms with Crippen molar-refractivity contribution in [3.05, 3.63) is 71.6 Å². The van der Waals surface area contributed by atoms with Gasteiger partial charge in [-0.15, -0.1) is 0 Å². The highest BCUT2D eigenvalue weighted by molar-refractivity contribution is 6.00. The molecular weight excluding hydrogens is 451 g/mol. The summed E-state index contributed by atoms with van der Waals surface area (Å²) in [6.45, 7) is 11.3. The molecular formula is C26H33FN4O4. The molecule has 0 fully saturated rings. The number of benzene rings is 1. The molecule has 1 aliphatic heterocycles. The summed E-state index contributed by atoms with van der Waals surface area (Å²) in [6.07, 6.45) is 3.93. The number of anilines is 1. The molecule has 2 aromatic rings. The van der Waals surface area contributed by atoms with Crippen LogP contribution in [0.5, 0.6) is 11.5 Å². The molecule has 0 atom stereocenters. The van der Waals surface area contributed by atoms with Crippen LogP contribution in [0.25, 0.3) is 0 Å². The number of rotatable bonds is 12. The number of methoxy groups -OCH3 is 1. The molecule has 1 aliphatic rings. The van der Waals surface area contributed by atoms with E-state index in [-0.39, 0.29) is 11.7 Å². The van der Waals surface area contributed by atoms with Gasteiger partial charge in [-0.25, -0.2) is 4.39 Å². The Morgan fingerprint density at radius 3 is 2.83 bits per heavy atom. The van der Waals surface area contributed by atoms with Gasteiger partial charge in [-0.1, -0.05) is 12.6 Å². The van der Waals surface area contributed by atoms with Crippen molar-refractivity contribution in [3.63, 3.8) is 0 Å². The molecule has 0 aliphatic carbocycles. The Bertz CT molecular complexity index is 1100. The number of nitrogens with one attached hydrogen (secondary N) is 3. The molecule has 9 heteroatoms. The van der Waals surface area contributed by atoms with Crippen molar-refractivity contribution in [2.45, 2.75) is 39.3 Å². The summed E-state index contributed by atoms with van der Waals surface area (Å²) in [4.78, 5) is 16.9.